The third-order valence-electron chi connectivity index (χ3n) is 5.69. The molecule has 4 rings (SSSR count). The van der Waals surface area contributed by atoms with Crippen LogP contribution in [0.3, 0.4) is 0 Å². The number of aliphatic carboxylic acids is 1. The van der Waals surface area contributed by atoms with Crippen LogP contribution in [0.25, 0.3) is 22.3 Å². The molecule has 0 saturated carbocycles. The number of ketones is 1. The second-order valence-electron chi connectivity index (χ2n) is 8.45. The Balaban J connectivity index is 1.57. The number of carbonyl (C=O) groups is 2. The number of carbonyl (C=O) groups excluding carboxylic acids is 1. The van der Waals surface area contributed by atoms with Crippen LogP contribution in [-0.4, -0.2) is 26.8 Å². The first-order chi connectivity index (χ1) is 16.9. The molecule has 0 bridgehead atoms. The number of unbranched alkanes of at least 4 members (excludes halogenated alkanes) is 1. The molecular weight excluding hydrogens is 483 g/mol. The highest BCUT2D eigenvalue weighted by molar-refractivity contribution is 6.42. The monoisotopic (exact) mass is 506 g/mol. The molecule has 0 unspecified atom stereocenters. The Morgan fingerprint density at radius 3 is 2.20 bits per heavy atom. The second kappa shape index (κ2) is 11.4. The number of nitrogens with zero attached hydrogens (tertiary/aromatic N) is 2. The van der Waals surface area contributed by atoms with E-state index in [9.17, 15) is 9.59 Å². The topological polar surface area (TPSA) is 80.1 Å². The Kier molecular flexibility index (Phi) is 8.11. The predicted molar refractivity (Wildman–Crippen MR) is 139 cm³/mol. The molecule has 1 heterocycles. The van der Waals surface area contributed by atoms with Gasteiger partial charge in [0, 0.05) is 24.8 Å². The molecule has 0 aliphatic rings. The third-order valence-corrected chi connectivity index (χ3v) is 6.43. The number of hydrogen-bond donors (Lipinski definition) is 1. The summed E-state index contributed by atoms with van der Waals surface area (Å²) < 4.78 is 0. The summed E-state index contributed by atoms with van der Waals surface area (Å²) in [6.45, 7) is 0. The SMILES string of the molecule is O=C(O)CCCCc1nc2cc(CC(=O)Cc3ccc(Cl)c(Cl)c3)ccc2nc1-c1ccccc1. The maximum Gasteiger partial charge on any atom is 0.303 e. The van der Waals surface area contributed by atoms with Gasteiger partial charge in [-0.05, 0) is 54.7 Å². The maximum atomic E-state index is 12.7. The van der Waals surface area contributed by atoms with E-state index < -0.39 is 5.97 Å². The zero-order valence-electron chi connectivity index (χ0n) is 19.0. The van der Waals surface area contributed by atoms with E-state index in [4.69, 9.17) is 38.3 Å². The zero-order chi connectivity index (χ0) is 24.8. The Morgan fingerprint density at radius 2 is 1.49 bits per heavy atom. The van der Waals surface area contributed by atoms with Gasteiger partial charge in [-0.15, -0.1) is 0 Å². The van der Waals surface area contributed by atoms with E-state index in [0.29, 0.717) is 29.3 Å². The summed E-state index contributed by atoms with van der Waals surface area (Å²) in [5.41, 5.74) is 5.75. The number of carboxylic acid groups (broad SMARTS) is 1. The summed E-state index contributed by atoms with van der Waals surface area (Å²) in [4.78, 5) is 33.3. The molecule has 0 amide bonds. The Morgan fingerprint density at radius 1 is 0.771 bits per heavy atom. The normalized spacial score (nSPS) is 11.0. The quantitative estimate of drug-likeness (QED) is 0.240. The minimum atomic E-state index is -0.798. The van der Waals surface area contributed by atoms with Crippen molar-refractivity contribution in [3.05, 3.63) is 93.6 Å². The molecule has 5 nitrogen and oxygen atoms in total. The fraction of sp³-hybridized carbons (Fsp3) is 0.214. The molecule has 0 saturated heterocycles. The molecule has 35 heavy (non-hydrogen) atoms. The molecule has 4 aromatic rings. The summed E-state index contributed by atoms with van der Waals surface area (Å²) in [7, 11) is 0. The average Bonchev–Trinajstić information content (AvgIpc) is 2.84. The number of hydrogen-bond acceptors (Lipinski definition) is 4. The van der Waals surface area contributed by atoms with E-state index in [-0.39, 0.29) is 25.0 Å². The first kappa shape index (κ1) is 24.8. The van der Waals surface area contributed by atoms with Crippen LogP contribution in [0.4, 0.5) is 0 Å². The molecule has 0 atom stereocenters. The highest BCUT2D eigenvalue weighted by Gasteiger charge is 2.13. The van der Waals surface area contributed by atoms with Gasteiger partial charge in [0.05, 0.1) is 32.5 Å². The highest BCUT2D eigenvalue weighted by Crippen LogP contribution is 2.26. The van der Waals surface area contributed by atoms with Crippen LogP contribution in [0.15, 0.2) is 66.7 Å². The van der Waals surface area contributed by atoms with E-state index in [1.165, 1.54) is 0 Å². The number of Topliss-reactive ketones (excluding diaryl/α,β-unsaturated/α-hetero) is 1. The first-order valence-electron chi connectivity index (χ1n) is 11.4. The van der Waals surface area contributed by atoms with Crippen molar-refractivity contribution in [3.63, 3.8) is 0 Å². The molecule has 0 radical (unpaired) electrons. The summed E-state index contributed by atoms with van der Waals surface area (Å²) in [5, 5.41) is 9.83. The van der Waals surface area contributed by atoms with E-state index in [1.54, 1.807) is 18.2 Å². The second-order valence-corrected chi connectivity index (χ2v) is 9.26. The number of fused-ring (bicyclic) bond motifs is 1. The van der Waals surface area contributed by atoms with E-state index >= 15 is 0 Å². The van der Waals surface area contributed by atoms with Crippen LogP contribution in [0.5, 0.6) is 0 Å². The van der Waals surface area contributed by atoms with Gasteiger partial charge in [0.15, 0.2) is 0 Å². The minimum absolute atomic E-state index is 0.0606. The number of rotatable bonds is 10. The lowest BCUT2D eigenvalue weighted by Gasteiger charge is -2.11. The van der Waals surface area contributed by atoms with E-state index in [0.717, 1.165) is 39.1 Å². The first-order valence-corrected chi connectivity index (χ1v) is 12.2. The van der Waals surface area contributed by atoms with Crippen molar-refractivity contribution in [2.45, 2.75) is 38.5 Å². The number of carboxylic acids is 1. The molecule has 0 aliphatic heterocycles. The van der Waals surface area contributed by atoms with Gasteiger partial charge in [-0.3, -0.25) is 9.59 Å². The highest BCUT2D eigenvalue weighted by atomic mass is 35.5. The molecule has 0 fully saturated rings. The summed E-state index contributed by atoms with van der Waals surface area (Å²) in [5.74, 6) is -0.737. The van der Waals surface area contributed by atoms with Gasteiger partial charge >= 0.3 is 5.97 Å². The van der Waals surface area contributed by atoms with Crippen LogP contribution in [0, 0.1) is 0 Å². The Hall–Kier alpha value is -3.28. The fourth-order valence-electron chi connectivity index (χ4n) is 3.98. The lowest BCUT2D eigenvalue weighted by molar-refractivity contribution is -0.137. The number of aromatic nitrogens is 2. The maximum absolute atomic E-state index is 12.7. The Bertz CT molecular complexity index is 1370. The largest absolute Gasteiger partial charge is 0.481 e. The minimum Gasteiger partial charge on any atom is -0.481 e. The molecule has 0 aliphatic carbocycles. The van der Waals surface area contributed by atoms with Gasteiger partial charge in [0.2, 0.25) is 0 Å². The standard InChI is InChI=1S/C28H24Cl2N2O3/c29-22-12-10-18(16-23(22)30)14-21(33)15-19-11-13-24-26(17-19)31-25(8-4-5-9-27(34)35)28(32-24)20-6-2-1-3-7-20/h1-3,6-7,10-13,16-17H,4-5,8-9,14-15H2,(H,34,35). The van der Waals surface area contributed by atoms with Gasteiger partial charge < -0.3 is 5.11 Å². The fourth-order valence-corrected chi connectivity index (χ4v) is 4.30. The van der Waals surface area contributed by atoms with Crippen molar-refractivity contribution < 1.29 is 14.7 Å². The van der Waals surface area contributed by atoms with Crippen molar-refractivity contribution in [2.24, 2.45) is 0 Å². The predicted octanol–water partition coefficient (Wildman–Crippen LogP) is 6.76. The molecule has 1 N–H and O–H groups in total. The van der Waals surface area contributed by atoms with Crippen LogP contribution in [0.1, 0.15) is 36.1 Å². The molecule has 7 heteroatoms. The zero-order valence-corrected chi connectivity index (χ0v) is 20.5. The number of benzene rings is 3. The van der Waals surface area contributed by atoms with Crippen molar-refractivity contribution >= 4 is 46.0 Å². The van der Waals surface area contributed by atoms with E-state index in [2.05, 4.69) is 0 Å². The van der Waals surface area contributed by atoms with Gasteiger partial charge in [0.25, 0.3) is 0 Å². The molecular formula is C28H24Cl2N2O3. The van der Waals surface area contributed by atoms with Crippen LogP contribution in [-0.2, 0) is 28.9 Å². The van der Waals surface area contributed by atoms with Crippen LogP contribution >= 0.6 is 23.2 Å². The van der Waals surface area contributed by atoms with Crippen molar-refractivity contribution in [1.82, 2.24) is 9.97 Å². The molecule has 1 aromatic heterocycles. The van der Waals surface area contributed by atoms with E-state index in [1.807, 2.05) is 48.5 Å². The summed E-state index contributed by atoms with van der Waals surface area (Å²) in [6.07, 6.45) is 2.57. The van der Waals surface area contributed by atoms with Crippen LogP contribution in [0.2, 0.25) is 10.0 Å². The third kappa shape index (κ3) is 6.65. The van der Waals surface area contributed by atoms with Gasteiger partial charge in [0.1, 0.15) is 5.78 Å². The molecule has 0 spiro atoms. The average molecular weight is 507 g/mol. The van der Waals surface area contributed by atoms with Gasteiger partial charge in [-0.2, -0.15) is 0 Å². The number of aryl methyl sites for hydroxylation is 1. The van der Waals surface area contributed by atoms with Gasteiger partial charge in [-0.25, -0.2) is 9.97 Å². The Labute approximate surface area is 213 Å². The van der Waals surface area contributed by atoms with Crippen molar-refractivity contribution in [3.8, 4) is 11.3 Å². The lowest BCUT2D eigenvalue weighted by Crippen LogP contribution is -2.07. The van der Waals surface area contributed by atoms with Crippen molar-refractivity contribution in [2.75, 3.05) is 0 Å². The summed E-state index contributed by atoms with van der Waals surface area (Å²) in [6, 6.07) is 20.8. The molecule has 178 valence electrons. The van der Waals surface area contributed by atoms with Gasteiger partial charge in [-0.1, -0.05) is 65.7 Å². The van der Waals surface area contributed by atoms with Crippen LogP contribution < -0.4 is 0 Å². The molecule has 3 aromatic carbocycles. The number of halogens is 2. The summed E-state index contributed by atoms with van der Waals surface area (Å²) >= 11 is 12.0. The van der Waals surface area contributed by atoms with Crippen molar-refractivity contribution in [1.29, 1.82) is 0 Å². The smallest absolute Gasteiger partial charge is 0.303 e. The lowest BCUT2D eigenvalue weighted by atomic mass is 10.0.